The fourth-order valence-corrected chi connectivity index (χ4v) is 2.41. The van der Waals surface area contributed by atoms with Gasteiger partial charge in [0.1, 0.15) is 12.4 Å². The van der Waals surface area contributed by atoms with Crippen LogP contribution in [-0.2, 0) is 17.8 Å². The van der Waals surface area contributed by atoms with Crippen LogP contribution in [0.2, 0.25) is 0 Å². The maximum absolute atomic E-state index is 11.6. The van der Waals surface area contributed by atoms with Crippen LogP contribution in [0.4, 0.5) is 10.6 Å². The molecule has 0 atom stereocenters. The number of carbonyl (C=O) groups excluding carboxylic acids is 1. The molecule has 24 heavy (non-hydrogen) atoms. The zero-order valence-corrected chi connectivity index (χ0v) is 13.3. The van der Waals surface area contributed by atoms with Gasteiger partial charge in [-0.2, -0.15) is 0 Å². The molecule has 5 nitrogen and oxygen atoms in total. The summed E-state index contributed by atoms with van der Waals surface area (Å²) in [6, 6.07) is 11.6. The molecule has 0 aliphatic carbocycles. The molecule has 0 saturated carbocycles. The molecule has 0 radical (unpaired) electrons. The van der Waals surface area contributed by atoms with Crippen LogP contribution in [0.3, 0.4) is 0 Å². The van der Waals surface area contributed by atoms with Gasteiger partial charge in [0.15, 0.2) is 0 Å². The van der Waals surface area contributed by atoms with Gasteiger partial charge in [-0.15, -0.1) is 0 Å². The normalized spacial score (nSPS) is 11.7. The first-order valence-corrected chi connectivity index (χ1v) is 7.97. The smallest absolute Gasteiger partial charge is 0.407 e. The van der Waals surface area contributed by atoms with E-state index < -0.39 is 6.09 Å². The van der Waals surface area contributed by atoms with Gasteiger partial charge < -0.3 is 15.4 Å². The number of nitrogens with zero attached hydrogens (tertiary/aromatic N) is 1. The van der Waals surface area contributed by atoms with Gasteiger partial charge in [0, 0.05) is 31.3 Å². The molecule has 5 heteroatoms. The Morgan fingerprint density at radius 2 is 2.21 bits per heavy atom. The molecule has 1 amide bonds. The lowest BCUT2D eigenvalue weighted by molar-refractivity contribution is 0.140. The van der Waals surface area contributed by atoms with Crippen molar-refractivity contribution in [2.75, 3.05) is 18.4 Å². The summed E-state index contributed by atoms with van der Waals surface area (Å²) >= 11 is 0. The second kappa shape index (κ2) is 8.02. The summed E-state index contributed by atoms with van der Waals surface area (Å²) in [5.41, 5.74) is 3.08. The van der Waals surface area contributed by atoms with E-state index in [1.54, 1.807) is 6.20 Å². The van der Waals surface area contributed by atoms with Crippen LogP contribution in [0.15, 0.2) is 42.6 Å². The summed E-state index contributed by atoms with van der Waals surface area (Å²) in [7, 11) is 0. The van der Waals surface area contributed by atoms with Crippen molar-refractivity contribution in [3.63, 3.8) is 0 Å². The Kier molecular flexibility index (Phi) is 5.31. The number of hydrogen-bond donors (Lipinski definition) is 2. The summed E-state index contributed by atoms with van der Waals surface area (Å²) in [6.07, 6.45) is 2.90. The Labute approximate surface area is 141 Å². The first-order valence-electron chi connectivity index (χ1n) is 7.97. The van der Waals surface area contributed by atoms with Crippen LogP contribution in [0.5, 0.6) is 0 Å². The molecule has 2 aromatic rings. The van der Waals surface area contributed by atoms with E-state index in [1.165, 1.54) is 5.56 Å². The van der Waals surface area contributed by atoms with Crippen LogP contribution in [0, 0.1) is 11.8 Å². The number of nitrogens with one attached hydrogen (secondary N) is 2. The van der Waals surface area contributed by atoms with E-state index >= 15 is 0 Å². The van der Waals surface area contributed by atoms with Gasteiger partial charge in [0.2, 0.25) is 0 Å². The number of hydrogen-bond acceptors (Lipinski definition) is 4. The molecule has 0 fully saturated rings. The highest BCUT2D eigenvalue weighted by molar-refractivity contribution is 5.67. The minimum Gasteiger partial charge on any atom is -0.445 e. The van der Waals surface area contributed by atoms with E-state index in [9.17, 15) is 4.79 Å². The van der Waals surface area contributed by atoms with Crippen LogP contribution in [0.25, 0.3) is 0 Å². The Hall–Kier alpha value is -3.00. The van der Waals surface area contributed by atoms with Gasteiger partial charge in [-0.3, -0.25) is 0 Å². The van der Waals surface area contributed by atoms with Gasteiger partial charge in [0.05, 0.1) is 0 Å². The third-order valence-electron chi connectivity index (χ3n) is 3.62. The number of ether oxygens (including phenoxy) is 1. The number of fused-ring (bicyclic) bond motifs is 1. The molecule has 0 bridgehead atoms. The number of aromatic nitrogens is 1. The van der Waals surface area contributed by atoms with Crippen LogP contribution < -0.4 is 10.6 Å². The van der Waals surface area contributed by atoms with E-state index in [0.29, 0.717) is 13.0 Å². The number of benzene rings is 1. The van der Waals surface area contributed by atoms with Crippen molar-refractivity contribution in [3.8, 4) is 11.8 Å². The molecule has 0 saturated heterocycles. The van der Waals surface area contributed by atoms with Crippen LogP contribution >= 0.6 is 0 Å². The lowest BCUT2D eigenvalue weighted by Crippen LogP contribution is -2.24. The molecule has 0 spiro atoms. The van der Waals surface area contributed by atoms with Crippen molar-refractivity contribution >= 4 is 11.9 Å². The number of alkyl carbamates (subject to hydrolysis) is 1. The predicted molar refractivity (Wildman–Crippen MR) is 92.6 cm³/mol. The van der Waals surface area contributed by atoms with Gasteiger partial charge in [-0.25, -0.2) is 9.78 Å². The largest absolute Gasteiger partial charge is 0.445 e. The van der Waals surface area contributed by atoms with E-state index in [1.807, 2.05) is 30.3 Å². The Morgan fingerprint density at radius 1 is 1.33 bits per heavy atom. The van der Waals surface area contributed by atoms with Crippen molar-refractivity contribution in [2.24, 2.45) is 0 Å². The van der Waals surface area contributed by atoms with Crippen molar-refractivity contribution in [2.45, 2.75) is 19.4 Å². The molecule has 1 aliphatic rings. The van der Waals surface area contributed by atoms with Crippen molar-refractivity contribution in [1.82, 2.24) is 10.3 Å². The number of amides is 1. The number of carbonyl (C=O) groups is 1. The molecule has 2 heterocycles. The van der Waals surface area contributed by atoms with Gasteiger partial charge in [0.25, 0.3) is 0 Å². The zero-order chi connectivity index (χ0) is 16.6. The molecule has 1 aromatic heterocycles. The molecule has 1 aromatic carbocycles. The molecule has 1 aliphatic heterocycles. The predicted octanol–water partition coefficient (Wildman–Crippen LogP) is 2.72. The van der Waals surface area contributed by atoms with Crippen LogP contribution in [-0.4, -0.2) is 24.2 Å². The lowest BCUT2D eigenvalue weighted by atomic mass is 10.1. The molecule has 3 rings (SSSR count). The zero-order valence-electron chi connectivity index (χ0n) is 13.3. The number of rotatable bonds is 4. The Bertz CT molecular complexity index is 763. The minimum atomic E-state index is -0.425. The van der Waals surface area contributed by atoms with E-state index in [4.69, 9.17) is 4.74 Å². The van der Waals surface area contributed by atoms with E-state index in [-0.39, 0.29) is 6.61 Å². The fraction of sp³-hybridized carbons (Fsp3) is 0.263. The van der Waals surface area contributed by atoms with Crippen molar-refractivity contribution in [3.05, 3.63) is 59.3 Å². The average Bonchev–Trinajstić information content (AvgIpc) is 3.08. The Morgan fingerprint density at radius 3 is 3.08 bits per heavy atom. The molecule has 2 N–H and O–H groups in total. The maximum atomic E-state index is 11.6. The first-order chi connectivity index (χ1) is 11.8. The second-order valence-corrected chi connectivity index (χ2v) is 5.45. The molecule has 122 valence electrons. The quantitative estimate of drug-likeness (QED) is 0.671. The summed E-state index contributed by atoms with van der Waals surface area (Å²) < 4.78 is 5.13. The van der Waals surface area contributed by atoms with Crippen molar-refractivity contribution in [1.29, 1.82) is 0 Å². The third kappa shape index (κ3) is 4.50. The van der Waals surface area contributed by atoms with E-state index in [0.717, 1.165) is 29.9 Å². The van der Waals surface area contributed by atoms with Gasteiger partial charge >= 0.3 is 6.09 Å². The summed E-state index contributed by atoms with van der Waals surface area (Å²) in [5.74, 6) is 7.08. The monoisotopic (exact) mass is 321 g/mol. The highest BCUT2D eigenvalue weighted by Gasteiger charge is 2.10. The molecule has 0 unspecified atom stereocenters. The fourth-order valence-electron chi connectivity index (χ4n) is 2.41. The second-order valence-electron chi connectivity index (χ2n) is 5.45. The number of pyridine rings is 1. The van der Waals surface area contributed by atoms with E-state index in [2.05, 4.69) is 33.5 Å². The lowest BCUT2D eigenvalue weighted by Gasteiger charge is -2.05. The summed E-state index contributed by atoms with van der Waals surface area (Å²) in [5, 5.41) is 5.91. The highest BCUT2D eigenvalue weighted by atomic mass is 16.5. The first kappa shape index (κ1) is 15.9. The third-order valence-corrected chi connectivity index (χ3v) is 3.62. The van der Waals surface area contributed by atoms with Gasteiger partial charge in [-0.1, -0.05) is 42.2 Å². The highest BCUT2D eigenvalue weighted by Crippen LogP contribution is 2.19. The SMILES string of the molecule is O=C(NCCC#Cc1cnc2c(c1)CCN2)OCc1ccccc1. The minimum absolute atomic E-state index is 0.271. The topological polar surface area (TPSA) is 63.2 Å². The summed E-state index contributed by atoms with van der Waals surface area (Å²) in [6.45, 7) is 1.67. The van der Waals surface area contributed by atoms with Crippen molar-refractivity contribution < 1.29 is 9.53 Å². The number of anilines is 1. The standard InChI is InChI=1S/C19H19N3O2/c23-19(24-14-15-6-2-1-3-7-15)21-10-5-4-8-16-12-17-9-11-20-18(17)22-13-16/h1-3,6-7,12-13H,5,9-11,14H2,(H,20,22)(H,21,23). The average molecular weight is 321 g/mol. The molecular formula is C19H19N3O2. The molecular weight excluding hydrogens is 302 g/mol. The van der Waals surface area contributed by atoms with Crippen LogP contribution in [0.1, 0.15) is 23.1 Å². The summed E-state index contributed by atoms with van der Waals surface area (Å²) in [4.78, 5) is 15.9. The Balaban J connectivity index is 1.37. The van der Waals surface area contributed by atoms with Gasteiger partial charge in [-0.05, 0) is 23.6 Å². The maximum Gasteiger partial charge on any atom is 0.407 e.